The monoisotopic (exact) mass is 179 g/mol. The van der Waals surface area contributed by atoms with Gasteiger partial charge in [-0.2, -0.15) is 0 Å². The first-order valence-corrected chi connectivity index (χ1v) is 4.04. The van der Waals surface area contributed by atoms with Crippen molar-refractivity contribution < 1.29 is 9.63 Å². The van der Waals surface area contributed by atoms with Crippen molar-refractivity contribution in [2.45, 2.75) is 6.92 Å². The average molecular weight is 179 g/mol. The van der Waals surface area contributed by atoms with Crippen LogP contribution in [0.1, 0.15) is 15.9 Å². The molecule has 3 heteroatoms. The van der Waals surface area contributed by atoms with Gasteiger partial charge in [0.25, 0.3) is 5.91 Å². The fourth-order valence-corrected chi connectivity index (χ4v) is 1.04. The van der Waals surface area contributed by atoms with Crippen molar-refractivity contribution in [1.82, 2.24) is 5.06 Å². The molecule has 1 aromatic carbocycles. The Hall–Kier alpha value is -1.35. The lowest BCUT2D eigenvalue weighted by Crippen LogP contribution is -2.25. The van der Waals surface area contributed by atoms with E-state index in [9.17, 15) is 4.79 Å². The normalized spacial score (nSPS) is 9.77. The van der Waals surface area contributed by atoms with Crippen molar-refractivity contribution in [3.63, 3.8) is 0 Å². The summed E-state index contributed by atoms with van der Waals surface area (Å²) in [5.74, 6) is -0.133. The zero-order valence-corrected chi connectivity index (χ0v) is 8.07. The first-order valence-electron chi connectivity index (χ1n) is 4.04. The van der Waals surface area contributed by atoms with E-state index in [2.05, 4.69) is 0 Å². The van der Waals surface area contributed by atoms with E-state index < -0.39 is 0 Å². The van der Waals surface area contributed by atoms with Crippen LogP contribution in [-0.4, -0.2) is 25.1 Å². The quantitative estimate of drug-likeness (QED) is 0.646. The number of benzene rings is 1. The molecule has 0 aliphatic carbocycles. The molecule has 1 rings (SSSR count). The van der Waals surface area contributed by atoms with Crippen LogP contribution in [0.25, 0.3) is 0 Å². The van der Waals surface area contributed by atoms with Gasteiger partial charge in [-0.1, -0.05) is 17.7 Å². The van der Waals surface area contributed by atoms with Crippen molar-refractivity contribution in [1.29, 1.82) is 0 Å². The second-order valence-electron chi connectivity index (χ2n) is 2.85. The summed E-state index contributed by atoms with van der Waals surface area (Å²) in [6.45, 7) is 1.95. The molecule has 3 nitrogen and oxygen atoms in total. The molecule has 70 valence electrons. The molecule has 0 heterocycles. The van der Waals surface area contributed by atoms with Crippen LogP contribution >= 0.6 is 0 Å². The van der Waals surface area contributed by atoms with Crippen LogP contribution in [0.5, 0.6) is 0 Å². The predicted molar refractivity (Wildman–Crippen MR) is 50.3 cm³/mol. The standard InChI is InChI=1S/C10H13NO2/c1-8-5-4-6-9(7-8)10(12)11(2)13-3/h4-7H,1-3H3. The first-order chi connectivity index (χ1) is 6.15. The minimum Gasteiger partial charge on any atom is -0.274 e. The van der Waals surface area contributed by atoms with Gasteiger partial charge < -0.3 is 0 Å². The van der Waals surface area contributed by atoms with Crippen LogP contribution in [0.2, 0.25) is 0 Å². The molecule has 0 N–H and O–H groups in total. The van der Waals surface area contributed by atoms with Gasteiger partial charge in [-0.15, -0.1) is 0 Å². The summed E-state index contributed by atoms with van der Waals surface area (Å²) in [7, 11) is 3.05. The van der Waals surface area contributed by atoms with Gasteiger partial charge in [-0.25, -0.2) is 5.06 Å². The predicted octanol–water partition coefficient (Wildman–Crippen LogP) is 1.63. The highest BCUT2D eigenvalue weighted by Gasteiger charge is 2.10. The van der Waals surface area contributed by atoms with E-state index in [1.54, 1.807) is 13.1 Å². The summed E-state index contributed by atoms with van der Waals surface area (Å²) < 4.78 is 0. The average Bonchev–Trinajstić information content (AvgIpc) is 2.15. The Morgan fingerprint density at radius 2 is 2.15 bits per heavy atom. The molecular formula is C10H13NO2. The van der Waals surface area contributed by atoms with Crippen molar-refractivity contribution in [3.05, 3.63) is 35.4 Å². The van der Waals surface area contributed by atoms with Gasteiger partial charge in [0.15, 0.2) is 0 Å². The number of nitrogens with zero attached hydrogens (tertiary/aromatic N) is 1. The zero-order chi connectivity index (χ0) is 9.84. The largest absolute Gasteiger partial charge is 0.277 e. The number of carbonyl (C=O) groups is 1. The highest BCUT2D eigenvalue weighted by molar-refractivity contribution is 5.93. The second-order valence-corrected chi connectivity index (χ2v) is 2.85. The number of hydrogen-bond acceptors (Lipinski definition) is 2. The molecule has 0 fully saturated rings. The molecule has 0 saturated carbocycles. The summed E-state index contributed by atoms with van der Waals surface area (Å²) in [4.78, 5) is 16.3. The van der Waals surface area contributed by atoms with Crippen LogP contribution in [-0.2, 0) is 4.84 Å². The van der Waals surface area contributed by atoms with Crippen LogP contribution in [0, 0.1) is 6.92 Å². The van der Waals surface area contributed by atoms with Crippen molar-refractivity contribution >= 4 is 5.91 Å². The van der Waals surface area contributed by atoms with Gasteiger partial charge in [-0.05, 0) is 19.1 Å². The lowest BCUT2D eigenvalue weighted by atomic mass is 10.1. The third-order valence-electron chi connectivity index (χ3n) is 1.82. The van der Waals surface area contributed by atoms with Gasteiger partial charge in [0.1, 0.15) is 0 Å². The highest BCUT2D eigenvalue weighted by Crippen LogP contribution is 2.06. The van der Waals surface area contributed by atoms with E-state index in [4.69, 9.17) is 4.84 Å². The third-order valence-corrected chi connectivity index (χ3v) is 1.82. The summed E-state index contributed by atoms with van der Waals surface area (Å²) in [6.07, 6.45) is 0. The van der Waals surface area contributed by atoms with Gasteiger partial charge in [0.2, 0.25) is 0 Å². The Balaban J connectivity index is 2.89. The van der Waals surface area contributed by atoms with E-state index >= 15 is 0 Å². The minimum absolute atomic E-state index is 0.133. The third kappa shape index (κ3) is 2.29. The maximum absolute atomic E-state index is 11.5. The SMILES string of the molecule is CON(C)C(=O)c1cccc(C)c1. The van der Waals surface area contributed by atoms with Crippen LogP contribution in [0.15, 0.2) is 24.3 Å². The number of amides is 1. The van der Waals surface area contributed by atoms with Crippen LogP contribution < -0.4 is 0 Å². The first kappa shape index (κ1) is 9.74. The Bertz CT molecular complexity index is 310. The van der Waals surface area contributed by atoms with E-state index in [0.29, 0.717) is 5.56 Å². The lowest BCUT2D eigenvalue weighted by molar-refractivity contribution is -0.0757. The molecule has 1 amide bonds. The summed E-state index contributed by atoms with van der Waals surface area (Å²) >= 11 is 0. The number of rotatable bonds is 2. The maximum atomic E-state index is 11.5. The molecule has 0 atom stereocenters. The summed E-state index contributed by atoms with van der Waals surface area (Å²) in [5.41, 5.74) is 1.71. The molecule has 0 unspecified atom stereocenters. The molecular weight excluding hydrogens is 166 g/mol. The molecule has 13 heavy (non-hydrogen) atoms. The Labute approximate surface area is 77.9 Å². The molecule has 0 radical (unpaired) electrons. The van der Waals surface area contributed by atoms with E-state index in [1.807, 2.05) is 25.1 Å². The molecule has 0 aromatic heterocycles. The van der Waals surface area contributed by atoms with Crippen LogP contribution in [0.4, 0.5) is 0 Å². The number of aryl methyl sites for hydroxylation is 1. The topological polar surface area (TPSA) is 29.5 Å². The fraction of sp³-hybridized carbons (Fsp3) is 0.300. The molecule has 1 aromatic rings. The van der Waals surface area contributed by atoms with Crippen LogP contribution in [0.3, 0.4) is 0 Å². The molecule has 0 spiro atoms. The summed E-state index contributed by atoms with van der Waals surface area (Å²) in [5, 5.41) is 1.20. The Kier molecular flexibility index (Phi) is 3.03. The Morgan fingerprint density at radius 3 is 2.69 bits per heavy atom. The van der Waals surface area contributed by atoms with Crippen molar-refractivity contribution in [3.8, 4) is 0 Å². The van der Waals surface area contributed by atoms with E-state index in [0.717, 1.165) is 5.56 Å². The van der Waals surface area contributed by atoms with Gasteiger partial charge in [-0.3, -0.25) is 9.63 Å². The minimum atomic E-state index is -0.133. The van der Waals surface area contributed by atoms with Gasteiger partial charge in [0, 0.05) is 12.6 Å². The molecule has 0 aliphatic heterocycles. The molecule has 0 aliphatic rings. The Morgan fingerprint density at radius 1 is 1.46 bits per heavy atom. The zero-order valence-electron chi connectivity index (χ0n) is 8.07. The summed E-state index contributed by atoms with van der Waals surface area (Å²) in [6, 6.07) is 7.40. The number of carbonyl (C=O) groups excluding carboxylic acids is 1. The highest BCUT2D eigenvalue weighted by atomic mass is 16.7. The number of hydroxylamine groups is 2. The van der Waals surface area contributed by atoms with Gasteiger partial charge in [0.05, 0.1) is 7.11 Å². The fourth-order valence-electron chi connectivity index (χ4n) is 1.04. The van der Waals surface area contributed by atoms with Crippen molar-refractivity contribution in [2.75, 3.05) is 14.2 Å². The lowest BCUT2D eigenvalue weighted by Gasteiger charge is -2.13. The maximum Gasteiger partial charge on any atom is 0.277 e. The van der Waals surface area contributed by atoms with E-state index in [1.165, 1.54) is 12.2 Å². The molecule has 0 saturated heterocycles. The van der Waals surface area contributed by atoms with Crippen molar-refractivity contribution in [2.24, 2.45) is 0 Å². The van der Waals surface area contributed by atoms with E-state index in [-0.39, 0.29) is 5.91 Å². The smallest absolute Gasteiger partial charge is 0.274 e. The van der Waals surface area contributed by atoms with Gasteiger partial charge >= 0.3 is 0 Å². The second kappa shape index (κ2) is 4.05. The number of hydrogen-bond donors (Lipinski definition) is 0. The molecule has 0 bridgehead atoms.